The van der Waals surface area contributed by atoms with E-state index in [1.165, 1.54) is 17.0 Å². The molecule has 0 bridgehead atoms. The summed E-state index contributed by atoms with van der Waals surface area (Å²) in [5, 5.41) is 12.5. The monoisotopic (exact) mass is 292 g/mol. The van der Waals surface area contributed by atoms with Crippen molar-refractivity contribution in [1.82, 2.24) is 10.2 Å². The zero-order chi connectivity index (χ0) is 15.4. The molecule has 1 unspecified atom stereocenters. The van der Waals surface area contributed by atoms with Gasteiger partial charge in [0.05, 0.1) is 6.61 Å². The highest BCUT2D eigenvalue weighted by Crippen LogP contribution is 2.19. The van der Waals surface area contributed by atoms with Crippen molar-refractivity contribution in [3.63, 3.8) is 0 Å². The molecule has 0 radical (unpaired) electrons. The highest BCUT2D eigenvalue weighted by molar-refractivity contribution is 5.98. The first-order valence-electron chi connectivity index (χ1n) is 7.02. The van der Waals surface area contributed by atoms with E-state index >= 15 is 0 Å². The lowest BCUT2D eigenvalue weighted by molar-refractivity contribution is -0.149. The number of phenols is 1. The van der Waals surface area contributed by atoms with Crippen molar-refractivity contribution < 1.29 is 19.4 Å². The Kier molecular flexibility index (Phi) is 4.80. The van der Waals surface area contributed by atoms with Gasteiger partial charge in [-0.15, -0.1) is 0 Å². The number of piperazine rings is 1. The number of carbonyl (C=O) groups is 2. The number of esters is 1. The van der Waals surface area contributed by atoms with E-state index in [9.17, 15) is 14.7 Å². The fourth-order valence-electron chi connectivity index (χ4n) is 2.44. The minimum atomic E-state index is -0.612. The summed E-state index contributed by atoms with van der Waals surface area (Å²) < 4.78 is 5.03. The van der Waals surface area contributed by atoms with Crippen LogP contribution in [0.5, 0.6) is 5.75 Å². The van der Waals surface area contributed by atoms with Gasteiger partial charge in [-0.05, 0) is 37.6 Å². The molecule has 1 saturated heterocycles. The number of aryl methyl sites for hydroxylation is 1. The minimum Gasteiger partial charge on any atom is -0.508 e. The second-order valence-electron chi connectivity index (χ2n) is 4.97. The zero-order valence-corrected chi connectivity index (χ0v) is 12.3. The average Bonchev–Trinajstić information content (AvgIpc) is 2.47. The molecule has 2 N–H and O–H groups in total. The largest absolute Gasteiger partial charge is 0.508 e. The second-order valence-corrected chi connectivity index (χ2v) is 4.97. The summed E-state index contributed by atoms with van der Waals surface area (Å²) in [7, 11) is 0. The summed E-state index contributed by atoms with van der Waals surface area (Å²) in [6, 6.07) is 3.98. The van der Waals surface area contributed by atoms with E-state index in [1.54, 1.807) is 19.9 Å². The Labute approximate surface area is 123 Å². The predicted octanol–water partition coefficient (Wildman–Crippen LogP) is 0.678. The Morgan fingerprint density at radius 3 is 2.90 bits per heavy atom. The fourth-order valence-corrected chi connectivity index (χ4v) is 2.44. The number of aromatic hydroxyl groups is 1. The molecule has 21 heavy (non-hydrogen) atoms. The molecule has 1 aromatic carbocycles. The highest BCUT2D eigenvalue weighted by Gasteiger charge is 2.34. The molecule has 2 rings (SSSR count). The molecule has 1 aromatic rings. The molecule has 1 atom stereocenters. The molecule has 0 spiro atoms. The van der Waals surface area contributed by atoms with E-state index in [2.05, 4.69) is 5.32 Å². The third kappa shape index (κ3) is 3.33. The van der Waals surface area contributed by atoms with Gasteiger partial charge >= 0.3 is 5.97 Å². The van der Waals surface area contributed by atoms with Crippen molar-refractivity contribution in [3.05, 3.63) is 29.3 Å². The van der Waals surface area contributed by atoms with Crippen LogP contribution in [0, 0.1) is 6.92 Å². The van der Waals surface area contributed by atoms with E-state index in [1.807, 2.05) is 0 Å². The molecule has 1 aliphatic rings. The quantitative estimate of drug-likeness (QED) is 0.801. The normalized spacial score (nSPS) is 18.4. The van der Waals surface area contributed by atoms with Crippen LogP contribution >= 0.6 is 0 Å². The molecule has 1 heterocycles. The topological polar surface area (TPSA) is 78.9 Å². The number of carbonyl (C=O) groups excluding carboxylic acids is 2. The summed E-state index contributed by atoms with van der Waals surface area (Å²) in [4.78, 5) is 26.2. The van der Waals surface area contributed by atoms with E-state index in [-0.39, 0.29) is 18.3 Å². The molecular weight excluding hydrogens is 272 g/mol. The Hall–Kier alpha value is -2.08. The van der Waals surface area contributed by atoms with Gasteiger partial charge in [-0.25, -0.2) is 4.79 Å². The average molecular weight is 292 g/mol. The number of benzene rings is 1. The van der Waals surface area contributed by atoms with Gasteiger partial charge in [-0.3, -0.25) is 4.79 Å². The number of hydrogen-bond acceptors (Lipinski definition) is 5. The van der Waals surface area contributed by atoms with Crippen molar-refractivity contribution in [2.45, 2.75) is 19.9 Å². The number of hydrogen-bond donors (Lipinski definition) is 2. The van der Waals surface area contributed by atoms with Crippen molar-refractivity contribution in [3.8, 4) is 5.75 Å². The van der Waals surface area contributed by atoms with Crippen LogP contribution in [0.4, 0.5) is 0 Å². The molecule has 0 aliphatic carbocycles. The van der Waals surface area contributed by atoms with Gasteiger partial charge in [-0.2, -0.15) is 0 Å². The smallest absolute Gasteiger partial charge is 0.330 e. The van der Waals surface area contributed by atoms with Gasteiger partial charge in [0.25, 0.3) is 5.91 Å². The van der Waals surface area contributed by atoms with Crippen LogP contribution in [0.15, 0.2) is 18.2 Å². The minimum absolute atomic E-state index is 0.117. The Morgan fingerprint density at radius 2 is 2.24 bits per heavy atom. The summed E-state index contributed by atoms with van der Waals surface area (Å²) >= 11 is 0. The molecule has 1 fully saturated rings. The fraction of sp³-hybridized carbons (Fsp3) is 0.467. The second kappa shape index (κ2) is 6.58. The van der Waals surface area contributed by atoms with Gasteiger partial charge < -0.3 is 20.1 Å². The van der Waals surface area contributed by atoms with Crippen LogP contribution in [-0.4, -0.2) is 54.2 Å². The summed E-state index contributed by atoms with van der Waals surface area (Å²) in [6.07, 6.45) is 0. The van der Waals surface area contributed by atoms with Gasteiger partial charge in [-0.1, -0.05) is 0 Å². The molecular formula is C15H20N2O4. The highest BCUT2D eigenvalue weighted by atomic mass is 16.5. The van der Waals surface area contributed by atoms with Crippen LogP contribution in [0.3, 0.4) is 0 Å². The number of rotatable bonds is 3. The summed E-state index contributed by atoms with van der Waals surface area (Å²) in [5.74, 6) is -0.493. The zero-order valence-electron chi connectivity index (χ0n) is 12.3. The van der Waals surface area contributed by atoms with Crippen LogP contribution in [0.2, 0.25) is 0 Å². The van der Waals surface area contributed by atoms with E-state index in [4.69, 9.17) is 4.74 Å². The Morgan fingerprint density at radius 1 is 1.48 bits per heavy atom. The summed E-state index contributed by atoms with van der Waals surface area (Å²) in [5.41, 5.74) is 1.17. The molecule has 114 valence electrons. The third-order valence-corrected chi connectivity index (χ3v) is 3.50. The van der Waals surface area contributed by atoms with Gasteiger partial charge in [0.1, 0.15) is 11.8 Å². The maximum atomic E-state index is 12.7. The van der Waals surface area contributed by atoms with Gasteiger partial charge in [0.2, 0.25) is 0 Å². The van der Waals surface area contributed by atoms with E-state index in [0.717, 1.165) is 0 Å². The maximum Gasteiger partial charge on any atom is 0.330 e. The van der Waals surface area contributed by atoms with Crippen LogP contribution in [-0.2, 0) is 9.53 Å². The van der Waals surface area contributed by atoms with E-state index in [0.29, 0.717) is 30.8 Å². The first-order chi connectivity index (χ1) is 10.0. The standard InChI is InChI=1S/C15H20N2O4/c1-3-21-15(20)13-9-16-6-7-17(13)14(19)12-5-4-11(18)8-10(12)2/h4-5,8,13,16,18H,3,6-7,9H2,1-2H3. The number of phenolic OH excluding ortho intramolecular Hbond substituents is 1. The molecule has 0 aromatic heterocycles. The molecule has 6 nitrogen and oxygen atoms in total. The predicted molar refractivity (Wildman–Crippen MR) is 77.2 cm³/mol. The van der Waals surface area contributed by atoms with Crippen molar-refractivity contribution in [1.29, 1.82) is 0 Å². The lowest BCUT2D eigenvalue weighted by Gasteiger charge is -2.34. The molecule has 0 saturated carbocycles. The Balaban J connectivity index is 2.24. The SMILES string of the molecule is CCOC(=O)C1CNCCN1C(=O)c1ccc(O)cc1C. The number of ether oxygens (including phenoxy) is 1. The Bertz CT molecular complexity index is 544. The molecule has 6 heteroatoms. The first-order valence-corrected chi connectivity index (χ1v) is 7.02. The lowest BCUT2D eigenvalue weighted by Crippen LogP contribution is -2.57. The lowest BCUT2D eigenvalue weighted by atomic mass is 10.0. The maximum absolute atomic E-state index is 12.7. The first kappa shape index (κ1) is 15.3. The molecule has 1 amide bonds. The van der Waals surface area contributed by atoms with Crippen LogP contribution in [0.25, 0.3) is 0 Å². The van der Waals surface area contributed by atoms with Crippen LogP contribution < -0.4 is 5.32 Å². The van der Waals surface area contributed by atoms with Crippen LogP contribution in [0.1, 0.15) is 22.8 Å². The molecule has 1 aliphatic heterocycles. The van der Waals surface area contributed by atoms with Gasteiger partial charge in [0, 0.05) is 25.2 Å². The number of nitrogens with one attached hydrogen (secondary N) is 1. The van der Waals surface area contributed by atoms with E-state index < -0.39 is 12.0 Å². The van der Waals surface area contributed by atoms with Gasteiger partial charge in [0.15, 0.2) is 0 Å². The third-order valence-electron chi connectivity index (χ3n) is 3.50. The van der Waals surface area contributed by atoms with Crippen molar-refractivity contribution in [2.75, 3.05) is 26.2 Å². The van der Waals surface area contributed by atoms with Crippen molar-refractivity contribution in [2.24, 2.45) is 0 Å². The number of nitrogens with zero attached hydrogens (tertiary/aromatic N) is 1. The summed E-state index contributed by atoms with van der Waals surface area (Å²) in [6.45, 7) is 5.26. The van der Waals surface area contributed by atoms with Crippen molar-refractivity contribution >= 4 is 11.9 Å². The number of amides is 1.